The molecule has 1 heterocycles. The van der Waals surface area contributed by atoms with Crippen LogP contribution in [0.3, 0.4) is 0 Å². The summed E-state index contributed by atoms with van der Waals surface area (Å²) in [5.74, 6) is -0.104. The molecular formula is C58H40O. The lowest BCUT2D eigenvalue weighted by molar-refractivity contribution is 0.659. The normalized spacial score (nSPS) is 13.7. The highest BCUT2D eigenvalue weighted by atomic mass is 16.3. The van der Waals surface area contributed by atoms with Crippen molar-refractivity contribution in [2.75, 3.05) is 0 Å². The van der Waals surface area contributed by atoms with Crippen molar-refractivity contribution in [1.82, 2.24) is 0 Å². The lowest BCUT2D eigenvalue weighted by Crippen LogP contribution is -2.16. The highest BCUT2D eigenvalue weighted by Crippen LogP contribution is 2.52. The van der Waals surface area contributed by atoms with E-state index in [0.29, 0.717) is 0 Å². The minimum atomic E-state index is -0.138. The summed E-state index contributed by atoms with van der Waals surface area (Å²) in [6.45, 7) is 4.76. The quantitative estimate of drug-likeness (QED) is 0.126. The van der Waals surface area contributed by atoms with E-state index < -0.39 is 0 Å². The summed E-state index contributed by atoms with van der Waals surface area (Å²) in [6.07, 6.45) is 0. The van der Waals surface area contributed by atoms with E-state index in [1.54, 1.807) is 0 Å². The largest absolute Gasteiger partial charge is 0.455 e. The first kappa shape index (κ1) is 33.9. The van der Waals surface area contributed by atoms with Crippen molar-refractivity contribution in [2.45, 2.75) is 25.2 Å². The van der Waals surface area contributed by atoms with E-state index in [9.17, 15) is 0 Å². The molecule has 0 saturated carbocycles. The first-order valence-electron chi connectivity index (χ1n) is 20.7. The molecule has 10 aromatic carbocycles. The van der Waals surface area contributed by atoms with Crippen LogP contribution in [-0.2, 0) is 5.41 Å². The SMILES string of the molecule is CC1(C)c2ccccc2-c2ccc(C(c3ccc(-c4ccccc4)cc3)c3cc(-c4cccc5ccccc45)cc4oc5c6ccccc6c6ccccc6c5c34)cc21. The minimum Gasteiger partial charge on any atom is -0.455 e. The summed E-state index contributed by atoms with van der Waals surface area (Å²) in [5, 5.41) is 9.59. The third-order valence-electron chi connectivity index (χ3n) is 13.2. The maximum absolute atomic E-state index is 7.24. The van der Waals surface area contributed by atoms with Crippen molar-refractivity contribution in [1.29, 1.82) is 0 Å². The molecule has 11 aromatic rings. The van der Waals surface area contributed by atoms with Gasteiger partial charge in [-0.25, -0.2) is 0 Å². The first-order chi connectivity index (χ1) is 29.0. The maximum atomic E-state index is 7.24. The van der Waals surface area contributed by atoms with Crippen LogP contribution in [0.25, 0.3) is 87.6 Å². The molecule has 1 nitrogen and oxygen atoms in total. The lowest BCUT2D eigenvalue weighted by atomic mass is 9.77. The highest BCUT2D eigenvalue weighted by molar-refractivity contribution is 6.31. The Bertz CT molecular complexity index is 3450. The number of hydrogen-bond acceptors (Lipinski definition) is 1. The second-order valence-corrected chi connectivity index (χ2v) is 16.8. The summed E-state index contributed by atoms with van der Waals surface area (Å²) in [4.78, 5) is 0. The lowest BCUT2D eigenvalue weighted by Gasteiger charge is -2.25. The Kier molecular flexibility index (Phi) is 7.40. The Morgan fingerprint density at radius 2 is 0.983 bits per heavy atom. The molecule has 1 aliphatic carbocycles. The van der Waals surface area contributed by atoms with Gasteiger partial charge in [-0.2, -0.15) is 0 Å². The Morgan fingerprint density at radius 3 is 1.80 bits per heavy atom. The Hall–Kier alpha value is -7.22. The zero-order valence-electron chi connectivity index (χ0n) is 33.0. The van der Waals surface area contributed by atoms with Gasteiger partial charge in [0.1, 0.15) is 11.2 Å². The molecule has 0 spiro atoms. The standard InChI is InChI=1S/C58H40O/c1-58(2)51-26-13-12-22-46(51)47-32-31-40(34-52(47)58)54(39-29-27-37(28-30-39)36-15-4-3-5-16-36)50-33-41(43-25-14-18-38-17-6-7-19-42(38)43)35-53-55(50)56-48-23-10-8-20-44(48)45-21-9-11-24-49(45)57(56)59-53/h3-35,54H,1-2H3. The molecule has 1 atom stereocenters. The topological polar surface area (TPSA) is 13.1 Å². The molecule has 0 aliphatic heterocycles. The van der Waals surface area contributed by atoms with Crippen molar-refractivity contribution >= 4 is 54.3 Å². The molecule has 278 valence electrons. The van der Waals surface area contributed by atoms with Crippen LogP contribution in [0.4, 0.5) is 0 Å². The van der Waals surface area contributed by atoms with Crippen molar-refractivity contribution < 1.29 is 4.42 Å². The van der Waals surface area contributed by atoms with Gasteiger partial charge in [0.25, 0.3) is 0 Å². The maximum Gasteiger partial charge on any atom is 0.143 e. The monoisotopic (exact) mass is 752 g/mol. The van der Waals surface area contributed by atoms with Gasteiger partial charge in [-0.3, -0.25) is 0 Å². The summed E-state index contributed by atoms with van der Waals surface area (Å²) in [6, 6.07) is 73.9. The molecule has 59 heavy (non-hydrogen) atoms. The fourth-order valence-corrected chi connectivity index (χ4v) is 10.4. The second-order valence-electron chi connectivity index (χ2n) is 16.8. The summed E-state index contributed by atoms with van der Waals surface area (Å²) < 4.78 is 7.24. The van der Waals surface area contributed by atoms with Gasteiger partial charge in [-0.1, -0.05) is 202 Å². The van der Waals surface area contributed by atoms with Gasteiger partial charge in [0.05, 0.1) is 0 Å². The third kappa shape index (κ3) is 5.11. The molecule has 0 N–H and O–H groups in total. The highest BCUT2D eigenvalue weighted by Gasteiger charge is 2.36. The minimum absolute atomic E-state index is 0.104. The van der Waals surface area contributed by atoms with Crippen LogP contribution in [-0.4, -0.2) is 0 Å². The predicted molar refractivity (Wildman–Crippen MR) is 249 cm³/mol. The van der Waals surface area contributed by atoms with Gasteiger partial charge >= 0.3 is 0 Å². The van der Waals surface area contributed by atoms with E-state index in [1.165, 1.54) is 93.3 Å². The van der Waals surface area contributed by atoms with Gasteiger partial charge in [0.15, 0.2) is 0 Å². The van der Waals surface area contributed by atoms with Crippen LogP contribution in [0.2, 0.25) is 0 Å². The summed E-state index contributed by atoms with van der Waals surface area (Å²) in [5.41, 5.74) is 15.7. The third-order valence-corrected chi connectivity index (χ3v) is 13.2. The van der Waals surface area contributed by atoms with Crippen LogP contribution in [0.15, 0.2) is 205 Å². The van der Waals surface area contributed by atoms with Gasteiger partial charge in [-0.15, -0.1) is 0 Å². The van der Waals surface area contributed by atoms with Crippen LogP contribution in [0.5, 0.6) is 0 Å². The zero-order valence-corrected chi connectivity index (χ0v) is 33.0. The predicted octanol–water partition coefficient (Wildman–Crippen LogP) is 15.9. The Balaban J connectivity index is 1.21. The van der Waals surface area contributed by atoms with E-state index in [0.717, 1.165) is 22.1 Å². The van der Waals surface area contributed by atoms with E-state index in [4.69, 9.17) is 4.42 Å². The molecule has 0 amide bonds. The van der Waals surface area contributed by atoms with Crippen molar-refractivity contribution in [3.63, 3.8) is 0 Å². The Labute approximate surface area is 343 Å². The van der Waals surface area contributed by atoms with Crippen LogP contribution in [0, 0.1) is 0 Å². The molecule has 1 unspecified atom stereocenters. The van der Waals surface area contributed by atoms with Crippen molar-refractivity contribution in [2.24, 2.45) is 0 Å². The van der Waals surface area contributed by atoms with Crippen molar-refractivity contribution in [3.8, 4) is 33.4 Å². The molecule has 1 aromatic heterocycles. The van der Waals surface area contributed by atoms with E-state index >= 15 is 0 Å². The number of benzene rings is 10. The van der Waals surface area contributed by atoms with Crippen molar-refractivity contribution in [3.05, 3.63) is 228 Å². The van der Waals surface area contributed by atoms with Gasteiger partial charge < -0.3 is 4.42 Å². The molecular weight excluding hydrogens is 713 g/mol. The average Bonchev–Trinajstić information content (AvgIpc) is 3.80. The molecule has 1 heteroatoms. The van der Waals surface area contributed by atoms with E-state index in [2.05, 4.69) is 214 Å². The molecule has 0 saturated heterocycles. The number of hydrogen-bond donors (Lipinski definition) is 0. The van der Waals surface area contributed by atoms with Gasteiger partial charge in [0.2, 0.25) is 0 Å². The average molecular weight is 753 g/mol. The van der Waals surface area contributed by atoms with Crippen LogP contribution >= 0.6 is 0 Å². The van der Waals surface area contributed by atoms with Crippen LogP contribution < -0.4 is 0 Å². The van der Waals surface area contributed by atoms with Crippen LogP contribution in [0.1, 0.15) is 47.6 Å². The van der Waals surface area contributed by atoms with Gasteiger partial charge in [0, 0.05) is 27.5 Å². The number of furan rings is 1. The molecule has 1 aliphatic rings. The smallest absolute Gasteiger partial charge is 0.143 e. The molecule has 12 rings (SSSR count). The number of fused-ring (bicyclic) bond motifs is 12. The molecule has 0 bridgehead atoms. The Morgan fingerprint density at radius 1 is 0.390 bits per heavy atom. The second kappa shape index (κ2) is 12.9. The fraction of sp³-hybridized carbons (Fsp3) is 0.0690. The van der Waals surface area contributed by atoms with E-state index in [1.807, 2.05) is 0 Å². The van der Waals surface area contributed by atoms with Gasteiger partial charge in [-0.05, 0) is 100 Å². The fourth-order valence-electron chi connectivity index (χ4n) is 10.4. The summed E-state index contributed by atoms with van der Waals surface area (Å²) >= 11 is 0. The first-order valence-corrected chi connectivity index (χ1v) is 20.7. The van der Waals surface area contributed by atoms with E-state index in [-0.39, 0.29) is 11.3 Å². The molecule has 0 radical (unpaired) electrons. The number of rotatable bonds is 5. The molecule has 0 fully saturated rings. The summed E-state index contributed by atoms with van der Waals surface area (Å²) in [7, 11) is 0. The zero-order chi connectivity index (χ0) is 39.2.